The maximum absolute atomic E-state index is 12.8. The largest absolute Gasteiger partial charge is 0.431 e. The number of aromatic nitrogens is 1. The Morgan fingerprint density at radius 2 is 2.11 bits per heavy atom. The summed E-state index contributed by atoms with van der Waals surface area (Å²) >= 11 is 0. The van der Waals surface area contributed by atoms with Gasteiger partial charge in [-0.05, 0) is 24.6 Å². The van der Waals surface area contributed by atoms with Crippen molar-refractivity contribution in [3.63, 3.8) is 0 Å². The molecular weight excluding hydrogens is 257 g/mol. The van der Waals surface area contributed by atoms with E-state index in [9.17, 15) is 18.0 Å². The first kappa shape index (κ1) is 15.5. The van der Waals surface area contributed by atoms with Crippen LogP contribution in [0.1, 0.15) is 19.0 Å². The molecule has 1 aromatic rings. The van der Waals surface area contributed by atoms with E-state index in [4.69, 9.17) is 0 Å². The third kappa shape index (κ3) is 4.55. The lowest BCUT2D eigenvalue weighted by atomic mass is 10.2. The summed E-state index contributed by atoms with van der Waals surface area (Å²) in [6, 6.07) is 3.12. The van der Waals surface area contributed by atoms with Gasteiger partial charge in [0.05, 0.1) is 0 Å². The number of nitrogens with zero attached hydrogens (tertiary/aromatic N) is 1. The summed E-state index contributed by atoms with van der Waals surface area (Å²) in [7, 11) is 0. The Morgan fingerprint density at radius 1 is 1.42 bits per heavy atom. The predicted molar refractivity (Wildman–Crippen MR) is 68.0 cm³/mol. The first-order valence-corrected chi connectivity index (χ1v) is 6.00. The minimum Gasteiger partial charge on any atom is -0.313 e. The smallest absolute Gasteiger partial charge is 0.313 e. The monoisotopic (exact) mass is 274 g/mol. The summed E-state index contributed by atoms with van der Waals surface area (Å²) in [6.45, 7) is 6.70. The van der Waals surface area contributed by atoms with Gasteiger partial charge in [-0.1, -0.05) is 19.6 Å². The summed E-state index contributed by atoms with van der Waals surface area (Å²) < 4.78 is 39.0. The topological polar surface area (TPSA) is 34.0 Å². The molecule has 0 aliphatic heterocycles. The van der Waals surface area contributed by atoms with E-state index in [2.05, 4.69) is 11.9 Å². The van der Waals surface area contributed by atoms with Crippen LogP contribution in [0.25, 0.3) is 0 Å². The molecule has 0 amide bonds. The number of alkyl halides is 3. The molecule has 1 aromatic heterocycles. The second kappa shape index (κ2) is 6.56. The minimum atomic E-state index is -4.54. The van der Waals surface area contributed by atoms with E-state index in [1.54, 1.807) is 0 Å². The van der Waals surface area contributed by atoms with Gasteiger partial charge in [0.2, 0.25) is 0 Å². The third-order valence-corrected chi connectivity index (χ3v) is 2.52. The minimum absolute atomic E-state index is 0.134. The van der Waals surface area contributed by atoms with E-state index >= 15 is 0 Å². The van der Waals surface area contributed by atoms with E-state index in [0.717, 1.165) is 31.2 Å². The molecule has 0 saturated carbocycles. The fourth-order valence-electron chi connectivity index (χ4n) is 1.65. The summed E-state index contributed by atoms with van der Waals surface area (Å²) in [5.74, 6) is 0. The van der Waals surface area contributed by atoms with Crippen LogP contribution in [0.5, 0.6) is 0 Å². The fraction of sp³-hybridized carbons (Fsp3) is 0.462. The van der Waals surface area contributed by atoms with Crippen LogP contribution in [0.15, 0.2) is 35.1 Å². The zero-order chi connectivity index (χ0) is 14.5. The summed E-state index contributed by atoms with van der Waals surface area (Å²) in [4.78, 5) is 11.6. The van der Waals surface area contributed by atoms with Crippen molar-refractivity contribution in [2.75, 3.05) is 13.1 Å². The zero-order valence-electron chi connectivity index (χ0n) is 10.8. The van der Waals surface area contributed by atoms with Crippen LogP contribution in [0.4, 0.5) is 13.2 Å². The Kier molecular flexibility index (Phi) is 5.35. The van der Waals surface area contributed by atoms with Gasteiger partial charge in [-0.2, -0.15) is 13.2 Å². The van der Waals surface area contributed by atoms with E-state index in [-0.39, 0.29) is 6.54 Å². The molecule has 0 fully saturated rings. The quantitative estimate of drug-likeness (QED) is 0.638. The number of hydrogen-bond acceptors (Lipinski definition) is 2. The van der Waals surface area contributed by atoms with Crippen LogP contribution in [0.2, 0.25) is 0 Å². The Balaban J connectivity index is 2.88. The maximum Gasteiger partial charge on any atom is 0.431 e. The number of halogens is 3. The van der Waals surface area contributed by atoms with Crippen molar-refractivity contribution in [2.24, 2.45) is 0 Å². The maximum atomic E-state index is 12.8. The molecule has 0 unspecified atom stereocenters. The Bertz CT molecular complexity index is 491. The van der Waals surface area contributed by atoms with Crippen molar-refractivity contribution in [2.45, 2.75) is 26.1 Å². The van der Waals surface area contributed by atoms with Crippen molar-refractivity contribution < 1.29 is 13.2 Å². The van der Waals surface area contributed by atoms with Gasteiger partial charge in [-0.25, -0.2) is 0 Å². The lowest BCUT2D eigenvalue weighted by Crippen LogP contribution is -2.29. The molecular formula is C13H17F3N2O. The second-order valence-corrected chi connectivity index (χ2v) is 4.26. The molecule has 1 heterocycles. The van der Waals surface area contributed by atoms with E-state index < -0.39 is 17.4 Å². The molecule has 3 nitrogen and oxygen atoms in total. The average Bonchev–Trinajstić information content (AvgIpc) is 2.30. The van der Waals surface area contributed by atoms with Gasteiger partial charge in [-0.15, -0.1) is 0 Å². The van der Waals surface area contributed by atoms with Crippen molar-refractivity contribution in [3.8, 4) is 0 Å². The van der Waals surface area contributed by atoms with Crippen LogP contribution in [-0.4, -0.2) is 17.7 Å². The lowest BCUT2D eigenvalue weighted by Gasteiger charge is -2.16. The molecule has 0 radical (unpaired) electrons. The van der Waals surface area contributed by atoms with E-state index in [1.165, 1.54) is 0 Å². The van der Waals surface area contributed by atoms with Crippen LogP contribution in [0.3, 0.4) is 0 Å². The normalized spacial score (nSPS) is 11.6. The van der Waals surface area contributed by atoms with Crippen LogP contribution in [0, 0.1) is 0 Å². The SMILES string of the molecule is C=C(CNCCC)Cn1c(C(F)(F)F)cccc1=O. The molecule has 1 rings (SSSR count). The van der Waals surface area contributed by atoms with E-state index in [0.29, 0.717) is 16.7 Å². The molecule has 0 aliphatic rings. The number of rotatable bonds is 6. The highest BCUT2D eigenvalue weighted by Gasteiger charge is 2.34. The average molecular weight is 274 g/mol. The highest BCUT2D eigenvalue weighted by molar-refractivity contribution is 5.12. The van der Waals surface area contributed by atoms with Crippen molar-refractivity contribution in [1.29, 1.82) is 0 Å². The van der Waals surface area contributed by atoms with Gasteiger partial charge in [0.25, 0.3) is 5.56 Å². The highest BCUT2D eigenvalue weighted by Crippen LogP contribution is 2.28. The molecule has 0 saturated heterocycles. The fourth-order valence-corrected chi connectivity index (χ4v) is 1.65. The Morgan fingerprint density at radius 3 is 2.68 bits per heavy atom. The van der Waals surface area contributed by atoms with Crippen molar-refractivity contribution in [3.05, 3.63) is 46.4 Å². The van der Waals surface area contributed by atoms with Crippen molar-refractivity contribution in [1.82, 2.24) is 9.88 Å². The van der Waals surface area contributed by atoms with Gasteiger partial charge in [-0.3, -0.25) is 4.79 Å². The third-order valence-electron chi connectivity index (χ3n) is 2.52. The summed E-state index contributed by atoms with van der Waals surface area (Å²) in [5.41, 5.74) is -1.09. The van der Waals surface area contributed by atoms with E-state index in [1.807, 2.05) is 6.92 Å². The summed E-state index contributed by atoms with van der Waals surface area (Å²) in [5, 5.41) is 3.04. The molecule has 19 heavy (non-hydrogen) atoms. The Hall–Kier alpha value is -1.56. The molecule has 0 bridgehead atoms. The standard InChI is InChI=1S/C13H17F3N2O/c1-3-7-17-8-10(2)9-18-11(13(14,15)16)5-4-6-12(18)19/h4-6,17H,2-3,7-9H2,1H3. The molecule has 0 aliphatic carbocycles. The molecule has 6 heteroatoms. The van der Waals surface area contributed by atoms with Crippen LogP contribution >= 0.6 is 0 Å². The summed E-state index contributed by atoms with van der Waals surface area (Å²) in [6.07, 6.45) is -3.62. The van der Waals surface area contributed by atoms with Gasteiger partial charge >= 0.3 is 6.18 Å². The van der Waals surface area contributed by atoms with Gasteiger partial charge < -0.3 is 9.88 Å². The molecule has 0 spiro atoms. The number of pyridine rings is 1. The molecule has 1 N–H and O–H groups in total. The predicted octanol–water partition coefficient (Wildman–Crippen LogP) is 2.42. The molecule has 0 aromatic carbocycles. The first-order valence-electron chi connectivity index (χ1n) is 6.00. The van der Waals surface area contributed by atoms with Crippen LogP contribution in [-0.2, 0) is 12.7 Å². The molecule has 106 valence electrons. The number of hydrogen-bond donors (Lipinski definition) is 1. The number of nitrogens with one attached hydrogen (secondary N) is 1. The van der Waals surface area contributed by atoms with Gasteiger partial charge in [0.15, 0.2) is 0 Å². The Labute approximate surface area is 109 Å². The van der Waals surface area contributed by atoms with Crippen molar-refractivity contribution >= 4 is 0 Å². The first-order chi connectivity index (χ1) is 8.86. The zero-order valence-corrected chi connectivity index (χ0v) is 10.8. The van der Waals surface area contributed by atoms with Crippen LogP contribution < -0.4 is 10.9 Å². The highest BCUT2D eigenvalue weighted by atomic mass is 19.4. The lowest BCUT2D eigenvalue weighted by molar-refractivity contribution is -0.144. The second-order valence-electron chi connectivity index (χ2n) is 4.26. The van der Waals surface area contributed by atoms with Gasteiger partial charge in [0.1, 0.15) is 5.69 Å². The van der Waals surface area contributed by atoms with Gasteiger partial charge in [0, 0.05) is 19.2 Å². The molecule has 0 atom stereocenters.